The lowest BCUT2D eigenvalue weighted by Gasteiger charge is -2.20. The molecule has 2 rings (SSSR count). The van der Waals surface area contributed by atoms with Gasteiger partial charge in [-0.15, -0.1) is 10.2 Å². The fourth-order valence-corrected chi connectivity index (χ4v) is 2.90. The van der Waals surface area contributed by atoms with Gasteiger partial charge < -0.3 is 10.0 Å². The van der Waals surface area contributed by atoms with E-state index in [1.807, 2.05) is 0 Å². The summed E-state index contributed by atoms with van der Waals surface area (Å²) in [4.78, 5) is 15.5. The van der Waals surface area contributed by atoms with Gasteiger partial charge in [-0.05, 0) is 0 Å². The second-order valence-electron chi connectivity index (χ2n) is 5.87. The largest absolute Gasteiger partial charge is 0.395 e. The van der Waals surface area contributed by atoms with Crippen molar-refractivity contribution in [3.8, 4) is 0 Å². The zero-order valence-electron chi connectivity index (χ0n) is 12.3. The molecule has 112 valence electrons. The molecule has 2 amide bonds. The first-order valence-electron chi connectivity index (χ1n) is 6.57. The zero-order valence-corrected chi connectivity index (χ0v) is 13.1. The molecule has 0 aromatic carbocycles. The predicted octanol–water partition coefficient (Wildman–Crippen LogP) is 0.615. The molecule has 8 heteroatoms. The van der Waals surface area contributed by atoms with Crippen molar-refractivity contribution in [1.29, 1.82) is 0 Å². The summed E-state index contributed by atoms with van der Waals surface area (Å²) in [5, 5.41) is 21.9. The topological polar surface area (TPSA) is 81.6 Å². The van der Waals surface area contributed by atoms with Crippen molar-refractivity contribution in [3.63, 3.8) is 0 Å². The molecule has 1 aromatic heterocycles. The lowest BCUT2D eigenvalue weighted by Crippen LogP contribution is -2.45. The third-order valence-electron chi connectivity index (χ3n) is 3.04. The molecule has 0 saturated carbocycles. The smallest absolute Gasteiger partial charge is 0.327 e. The van der Waals surface area contributed by atoms with E-state index in [4.69, 9.17) is 5.11 Å². The zero-order chi connectivity index (χ0) is 14.9. The number of likely N-dealkylation sites (N-methyl/N-ethyl adjacent to an activating group) is 1. The van der Waals surface area contributed by atoms with Crippen LogP contribution in [0.1, 0.15) is 25.8 Å². The Balaban J connectivity index is 2.23. The van der Waals surface area contributed by atoms with E-state index in [1.165, 1.54) is 11.3 Å². The van der Waals surface area contributed by atoms with Crippen LogP contribution in [0.2, 0.25) is 0 Å². The van der Waals surface area contributed by atoms with E-state index in [1.54, 1.807) is 16.8 Å². The van der Waals surface area contributed by atoms with E-state index in [0.29, 0.717) is 18.2 Å². The fourth-order valence-electron chi connectivity index (χ4n) is 1.95. The molecule has 1 saturated heterocycles. The molecule has 1 unspecified atom stereocenters. The van der Waals surface area contributed by atoms with Gasteiger partial charge in [0, 0.05) is 19.0 Å². The number of urea groups is 1. The highest BCUT2D eigenvalue weighted by molar-refractivity contribution is 7.15. The number of aromatic nitrogens is 2. The van der Waals surface area contributed by atoms with E-state index in [-0.39, 0.29) is 24.2 Å². The minimum Gasteiger partial charge on any atom is -0.395 e. The summed E-state index contributed by atoms with van der Waals surface area (Å²) in [7, 11) is 1.75. The van der Waals surface area contributed by atoms with Crippen LogP contribution in [0.15, 0.2) is 0 Å². The Labute approximate surface area is 122 Å². The number of carbonyl (C=O) groups is 1. The van der Waals surface area contributed by atoms with Gasteiger partial charge in [0.15, 0.2) is 0 Å². The summed E-state index contributed by atoms with van der Waals surface area (Å²) in [5.74, 6) is 0. The minimum absolute atomic E-state index is 0.0333. The molecule has 20 heavy (non-hydrogen) atoms. The van der Waals surface area contributed by atoms with Crippen LogP contribution in [0, 0.1) is 0 Å². The molecule has 1 fully saturated rings. The lowest BCUT2D eigenvalue weighted by molar-refractivity contribution is 0.229. The van der Waals surface area contributed by atoms with Gasteiger partial charge in [-0.25, -0.2) is 4.79 Å². The van der Waals surface area contributed by atoms with Crippen LogP contribution in [-0.4, -0.2) is 59.1 Å². The Hall–Kier alpha value is -1.25. The van der Waals surface area contributed by atoms with Crippen LogP contribution >= 0.6 is 11.3 Å². The number of carbonyl (C=O) groups excluding carboxylic acids is 1. The molecule has 0 bridgehead atoms. The molecular formula is C12H21N5O2S. The van der Waals surface area contributed by atoms with Crippen LogP contribution in [0.25, 0.3) is 0 Å². The molecule has 1 atom stereocenters. The maximum absolute atomic E-state index is 12.2. The van der Waals surface area contributed by atoms with Crippen LogP contribution in [0.3, 0.4) is 0 Å². The highest BCUT2D eigenvalue weighted by Gasteiger charge is 2.38. The van der Waals surface area contributed by atoms with Crippen LogP contribution in [-0.2, 0) is 5.41 Å². The number of nitrogens with one attached hydrogen (secondary N) is 1. The average Bonchev–Trinajstić information content (AvgIpc) is 2.93. The fraction of sp³-hybridized carbons (Fsp3) is 0.750. The number of aliphatic hydroxyl groups excluding tert-OH is 1. The number of amides is 2. The highest BCUT2D eigenvalue weighted by Crippen LogP contribution is 2.32. The Bertz CT molecular complexity index is 484. The van der Waals surface area contributed by atoms with Gasteiger partial charge in [0.05, 0.1) is 13.2 Å². The second kappa shape index (κ2) is 5.63. The van der Waals surface area contributed by atoms with Crippen molar-refractivity contribution in [3.05, 3.63) is 5.01 Å². The van der Waals surface area contributed by atoms with Gasteiger partial charge >= 0.3 is 6.03 Å². The Morgan fingerprint density at radius 3 is 2.70 bits per heavy atom. The van der Waals surface area contributed by atoms with Crippen molar-refractivity contribution in [2.45, 2.75) is 32.4 Å². The third-order valence-corrected chi connectivity index (χ3v) is 4.39. The number of anilines is 1. The summed E-state index contributed by atoms with van der Waals surface area (Å²) >= 11 is 1.43. The van der Waals surface area contributed by atoms with Crippen molar-refractivity contribution >= 4 is 22.5 Å². The normalized spacial score (nSPS) is 20.1. The first-order valence-corrected chi connectivity index (χ1v) is 7.39. The second-order valence-corrected chi connectivity index (χ2v) is 6.82. The summed E-state index contributed by atoms with van der Waals surface area (Å²) in [6, 6.07) is -0.1000. The van der Waals surface area contributed by atoms with E-state index < -0.39 is 0 Å². The molecule has 1 aromatic rings. The average molecular weight is 299 g/mol. The standard InChI is InChI=1S/C12H21N5O2S/c1-12(2,3)9-14-15-10(20-9)17-8(13-5-6-18)7-16(4)11(17)19/h8,13,18H,5-7H2,1-4H3. The number of aliphatic hydroxyl groups is 1. The number of nitrogens with zero attached hydrogens (tertiary/aromatic N) is 4. The van der Waals surface area contributed by atoms with Gasteiger partial charge in [0.25, 0.3) is 0 Å². The van der Waals surface area contributed by atoms with Crippen LogP contribution < -0.4 is 10.2 Å². The molecule has 2 N–H and O–H groups in total. The van der Waals surface area contributed by atoms with Gasteiger partial charge in [0.2, 0.25) is 5.13 Å². The molecule has 0 radical (unpaired) electrons. The van der Waals surface area contributed by atoms with Crippen LogP contribution in [0.5, 0.6) is 0 Å². The molecule has 1 aliphatic rings. The summed E-state index contributed by atoms with van der Waals surface area (Å²) in [5.41, 5.74) is -0.0847. The van der Waals surface area contributed by atoms with Crippen molar-refractivity contribution in [2.24, 2.45) is 0 Å². The van der Waals surface area contributed by atoms with Crippen molar-refractivity contribution < 1.29 is 9.90 Å². The van der Waals surface area contributed by atoms with E-state index in [0.717, 1.165) is 5.01 Å². The molecule has 1 aliphatic heterocycles. The first kappa shape index (κ1) is 15.1. The Kier molecular flexibility index (Phi) is 4.26. The SMILES string of the molecule is CN1CC(NCCO)N(c2nnc(C(C)(C)C)s2)C1=O. The lowest BCUT2D eigenvalue weighted by atomic mass is 9.98. The summed E-state index contributed by atoms with van der Waals surface area (Å²) < 4.78 is 0. The first-order chi connectivity index (χ1) is 9.34. The maximum Gasteiger partial charge on any atom is 0.327 e. The monoisotopic (exact) mass is 299 g/mol. The van der Waals surface area contributed by atoms with E-state index in [2.05, 4.69) is 36.3 Å². The van der Waals surface area contributed by atoms with Gasteiger partial charge in [-0.1, -0.05) is 32.1 Å². The number of hydrogen-bond donors (Lipinski definition) is 2. The maximum atomic E-state index is 12.2. The van der Waals surface area contributed by atoms with Crippen molar-refractivity contribution in [2.75, 3.05) is 31.6 Å². The molecule has 7 nitrogen and oxygen atoms in total. The van der Waals surface area contributed by atoms with E-state index >= 15 is 0 Å². The Morgan fingerprint density at radius 1 is 1.45 bits per heavy atom. The third kappa shape index (κ3) is 2.92. The molecule has 0 spiro atoms. The number of hydrogen-bond acceptors (Lipinski definition) is 6. The van der Waals surface area contributed by atoms with Gasteiger partial charge in [-0.2, -0.15) is 0 Å². The number of rotatable bonds is 4. The molecule has 0 aliphatic carbocycles. The Morgan fingerprint density at radius 2 is 2.15 bits per heavy atom. The van der Waals surface area contributed by atoms with Crippen molar-refractivity contribution in [1.82, 2.24) is 20.4 Å². The molecular weight excluding hydrogens is 278 g/mol. The van der Waals surface area contributed by atoms with Gasteiger partial charge in [0.1, 0.15) is 11.2 Å². The van der Waals surface area contributed by atoms with Crippen LogP contribution in [0.4, 0.5) is 9.93 Å². The quantitative estimate of drug-likeness (QED) is 0.851. The van der Waals surface area contributed by atoms with Gasteiger partial charge in [-0.3, -0.25) is 10.2 Å². The predicted molar refractivity (Wildman–Crippen MR) is 78.0 cm³/mol. The molecule has 2 heterocycles. The summed E-state index contributed by atoms with van der Waals surface area (Å²) in [6.45, 7) is 7.23. The highest BCUT2D eigenvalue weighted by atomic mass is 32.1. The minimum atomic E-state index is -0.180. The van der Waals surface area contributed by atoms with E-state index in [9.17, 15) is 4.79 Å². The summed E-state index contributed by atoms with van der Waals surface area (Å²) in [6.07, 6.45) is -0.180.